The molecule has 158 valence electrons. The zero-order chi connectivity index (χ0) is 21.8. The maximum absolute atomic E-state index is 13.3. The molecule has 0 heterocycles. The van der Waals surface area contributed by atoms with E-state index in [0.29, 0.717) is 0 Å². The minimum Gasteiger partial charge on any atom is -0.351 e. The number of benzene rings is 2. The maximum Gasteiger partial charge on any atom is 0.264 e. The van der Waals surface area contributed by atoms with E-state index in [1.54, 1.807) is 0 Å². The summed E-state index contributed by atoms with van der Waals surface area (Å²) in [4.78, 5) is 12.5. The molecule has 0 fully saturated rings. The molecule has 0 saturated heterocycles. The van der Waals surface area contributed by atoms with Crippen molar-refractivity contribution in [2.24, 2.45) is 11.8 Å². The minimum absolute atomic E-state index is 0.133. The normalized spacial score (nSPS) is 11.9. The van der Waals surface area contributed by atoms with Gasteiger partial charge in [-0.15, -0.1) is 0 Å². The summed E-state index contributed by atoms with van der Waals surface area (Å²) in [7, 11) is -4.17. The molecule has 0 aliphatic carbocycles. The van der Waals surface area contributed by atoms with Gasteiger partial charge in [-0.25, -0.2) is 17.2 Å². The zero-order valence-electron chi connectivity index (χ0n) is 16.9. The van der Waals surface area contributed by atoms with Crippen molar-refractivity contribution in [3.63, 3.8) is 0 Å². The molecule has 0 aromatic heterocycles. The van der Waals surface area contributed by atoms with Gasteiger partial charge in [-0.1, -0.05) is 27.7 Å². The molecule has 0 spiro atoms. The van der Waals surface area contributed by atoms with Gasteiger partial charge in [0.05, 0.1) is 10.6 Å². The first-order valence-corrected chi connectivity index (χ1v) is 10.8. The SMILES string of the molecule is CC(C)C(NC(=O)CN(c1ccc(F)cc1)S(=O)(=O)c1ccc(F)cc1)C(C)C. The van der Waals surface area contributed by atoms with Crippen molar-refractivity contribution in [1.82, 2.24) is 5.32 Å². The molecule has 0 bridgehead atoms. The van der Waals surface area contributed by atoms with Crippen LogP contribution in [-0.4, -0.2) is 26.9 Å². The lowest BCUT2D eigenvalue weighted by molar-refractivity contribution is -0.121. The van der Waals surface area contributed by atoms with Gasteiger partial charge in [0, 0.05) is 6.04 Å². The second-order valence-corrected chi connectivity index (χ2v) is 9.39. The number of nitrogens with one attached hydrogen (secondary N) is 1. The van der Waals surface area contributed by atoms with Gasteiger partial charge in [0.25, 0.3) is 10.0 Å². The van der Waals surface area contributed by atoms with Crippen LogP contribution in [0.1, 0.15) is 27.7 Å². The Morgan fingerprint density at radius 2 is 1.34 bits per heavy atom. The molecule has 0 aliphatic rings. The topological polar surface area (TPSA) is 66.5 Å². The smallest absolute Gasteiger partial charge is 0.264 e. The van der Waals surface area contributed by atoms with E-state index >= 15 is 0 Å². The first-order valence-electron chi connectivity index (χ1n) is 9.35. The van der Waals surface area contributed by atoms with Crippen molar-refractivity contribution in [1.29, 1.82) is 0 Å². The van der Waals surface area contributed by atoms with Crippen LogP contribution in [0.3, 0.4) is 0 Å². The Hall–Kier alpha value is -2.48. The Morgan fingerprint density at radius 3 is 1.79 bits per heavy atom. The third kappa shape index (κ3) is 5.76. The summed E-state index contributed by atoms with van der Waals surface area (Å²) in [6, 6.07) is 8.99. The molecule has 2 aromatic carbocycles. The molecule has 0 aliphatic heterocycles. The first-order chi connectivity index (χ1) is 13.5. The number of amides is 1. The molecule has 0 unspecified atom stereocenters. The fourth-order valence-corrected chi connectivity index (χ4v) is 4.54. The van der Waals surface area contributed by atoms with Crippen molar-refractivity contribution in [3.8, 4) is 0 Å². The molecule has 8 heteroatoms. The van der Waals surface area contributed by atoms with E-state index in [1.807, 2.05) is 27.7 Å². The summed E-state index contributed by atoms with van der Waals surface area (Å²) >= 11 is 0. The molecule has 29 heavy (non-hydrogen) atoms. The second kappa shape index (κ2) is 9.35. The van der Waals surface area contributed by atoms with E-state index in [0.717, 1.165) is 40.7 Å². The Labute approximate surface area is 170 Å². The fraction of sp³-hybridized carbons (Fsp3) is 0.381. The van der Waals surface area contributed by atoms with Gasteiger partial charge in [0.15, 0.2) is 0 Å². The van der Waals surface area contributed by atoms with Gasteiger partial charge in [0.1, 0.15) is 18.2 Å². The summed E-state index contributed by atoms with van der Waals surface area (Å²) in [5.41, 5.74) is 0.136. The molecule has 2 rings (SSSR count). The van der Waals surface area contributed by atoms with Gasteiger partial charge in [-0.3, -0.25) is 9.10 Å². The van der Waals surface area contributed by atoms with Gasteiger partial charge in [-0.05, 0) is 60.4 Å². The predicted octanol–water partition coefficient (Wildman–Crippen LogP) is 3.96. The molecular formula is C21H26F2N2O3S. The highest BCUT2D eigenvalue weighted by Crippen LogP contribution is 2.24. The summed E-state index contributed by atoms with van der Waals surface area (Å²) in [5, 5.41) is 2.88. The number of carbonyl (C=O) groups excluding carboxylic acids is 1. The van der Waals surface area contributed by atoms with Crippen molar-refractivity contribution < 1.29 is 22.0 Å². The van der Waals surface area contributed by atoms with Crippen molar-refractivity contribution in [2.75, 3.05) is 10.8 Å². The molecule has 0 radical (unpaired) electrons. The van der Waals surface area contributed by atoms with Crippen LogP contribution < -0.4 is 9.62 Å². The van der Waals surface area contributed by atoms with E-state index in [1.165, 1.54) is 12.1 Å². The summed E-state index contributed by atoms with van der Waals surface area (Å²) in [6.07, 6.45) is 0. The number of halogens is 2. The number of carbonyl (C=O) groups is 1. The lowest BCUT2D eigenvalue weighted by Crippen LogP contribution is -2.47. The average Bonchev–Trinajstić information content (AvgIpc) is 2.65. The fourth-order valence-electron chi connectivity index (χ4n) is 3.12. The van der Waals surface area contributed by atoms with Gasteiger partial charge < -0.3 is 5.32 Å². The lowest BCUT2D eigenvalue weighted by atomic mass is 9.93. The number of nitrogens with zero attached hydrogens (tertiary/aromatic N) is 1. The lowest BCUT2D eigenvalue weighted by Gasteiger charge is -2.29. The first kappa shape index (κ1) is 22.8. The van der Waals surface area contributed by atoms with Gasteiger partial charge in [-0.2, -0.15) is 0 Å². The summed E-state index contributed by atoms with van der Waals surface area (Å²) < 4.78 is 53.8. The maximum atomic E-state index is 13.3. The monoisotopic (exact) mass is 424 g/mol. The molecule has 5 nitrogen and oxygen atoms in total. The number of hydrogen-bond acceptors (Lipinski definition) is 3. The minimum atomic E-state index is -4.17. The van der Waals surface area contributed by atoms with Crippen LogP contribution in [0.4, 0.5) is 14.5 Å². The summed E-state index contributed by atoms with van der Waals surface area (Å²) in [6.45, 7) is 7.40. The van der Waals surface area contributed by atoms with E-state index < -0.39 is 34.1 Å². The van der Waals surface area contributed by atoms with Crippen LogP contribution in [0.5, 0.6) is 0 Å². The van der Waals surface area contributed by atoms with Crippen LogP contribution >= 0.6 is 0 Å². The third-order valence-corrected chi connectivity index (χ3v) is 6.36. The molecule has 0 atom stereocenters. The Morgan fingerprint density at radius 1 is 0.897 bits per heavy atom. The Bertz CT molecular complexity index is 919. The molecule has 2 aromatic rings. The molecule has 1 amide bonds. The van der Waals surface area contributed by atoms with Crippen LogP contribution in [0.15, 0.2) is 53.4 Å². The highest BCUT2D eigenvalue weighted by molar-refractivity contribution is 7.92. The average molecular weight is 425 g/mol. The molecule has 0 saturated carbocycles. The van der Waals surface area contributed by atoms with E-state index in [9.17, 15) is 22.0 Å². The van der Waals surface area contributed by atoms with Crippen LogP contribution in [0, 0.1) is 23.5 Å². The van der Waals surface area contributed by atoms with E-state index in [-0.39, 0.29) is 28.5 Å². The summed E-state index contributed by atoms with van der Waals surface area (Å²) in [5.74, 6) is -1.27. The van der Waals surface area contributed by atoms with Crippen molar-refractivity contribution in [3.05, 3.63) is 60.2 Å². The van der Waals surface area contributed by atoms with Gasteiger partial charge >= 0.3 is 0 Å². The number of rotatable bonds is 8. The second-order valence-electron chi connectivity index (χ2n) is 7.52. The number of hydrogen-bond donors (Lipinski definition) is 1. The number of sulfonamides is 1. The van der Waals surface area contributed by atoms with E-state index in [4.69, 9.17) is 0 Å². The highest BCUT2D eigenvalue weighted by atomic mass is 32.2. The molecule has 1 N–H and O–H groups in total. The standard InChI is InChI=1S/C21H26F2N2O3S/c1-14(2)21(15(3)4)24-20(26)13-25(18-9-5-16(22)6-10-18)29(27,28)19-11-7-17(23)8-12-19/h5-12,14-15,21H,13H2,1-4H3,(H,24,26). The zero-order valence-corrected chi connectivity index (χ0v) is 17.7. The third-order valence-electron chi connectivity index (χ3n) is 4.57. The van der Waals surface area contributed by atoms with Crippen molar-refractivity contribution >= 4 is 21.6 Å². The Kier molecular flexibility index (Phi) is 7.35. The van der Waals surface area contributed by atoms with Crippen LogP contribution in [0.2, 0.25) is 0 Å². The quantitative estimate of drug-likeness (QED) is 0.698. The van der Waals surface area contributed by atoms with Crippen LogP contribution in [-0.2, 0) is 14.8 Å². The highest BCUT2D eigenvalue weighted by Gasteiger charge is 2.29. The number of anilines is 1. The van der Waals surface area contributed by atoms with E-state index in [2.05, 4.69) is 5.32 Å². The largest absolute Gasteiger partial charge is 0.351 e. The van der Waals surface area contributed by atoms with Gasteiger partial charge in [0.2, 0.25) is 5.91 Å². The van der Waals surface area contributed by atoms with Crippen LogP contribution in [0.25, 0.3) is 0 Å². The molecular weight excluding hydrogens is 398 g/mol. The predicted molar refractivity (Wildman–Crippen MR) is 109 cm³/mol. The Balaban J connectivity index is 2.39. The van der Waals surface area contributed by atoms with Crippen molar-refractivity contribution in [2.45, 2.75) is 38.6 Å².